The van der Waals surface area contributed by atoms with Gasteiger partial charge in [0.1, 0.15) is 5.75 Å². The number of nitrogens with one attached hydrogen (secondary N) is 2. The molecule has 0 fully saturated rings. The summed E-state index contributed by atoms with van der Waals surface area (Å²) in [7, 11) is 3.43. The highest BCUT2D eigenvalue weighted by atomic mass is 127. The van der Waals surface area contributed by atoms with Gasteiger partial charge in [0.05, 0.1) is 20.3 Å². The van der Waals surface area contributed by atoms with E-state index >= 15 is 0 Å². The van der Waals surface area contributed by atoms with Crippen LogP contribution in [0.15, 0.2) is 59.6 Å². The van der Waals surface area contributed by atoms with Crippen LogP contribution in [-0.4, -0.2) is 33.3 Å². The normalized spacial score (nSPS) is 10.7. The number of halogens is 1. The first-order valence-electron chi connectivity index (χ1n) is 8.01. The predicted octanol–water partition coefficient (Wildman–Crippen LogP) is 3.20. The molecule has 0 spiro atoms. The highest BCUT2D eigenvalue weighted by Gasteiger charge is 2.03. The van der Waals surface area contributed by atoms with E-state index in [4.69, 9.17) is 9.47 Å². The highest BCUT2D eigenvalue weighted by molar-refractivity contribution is 14.0. The van der Waals surface area contributed by atoms with Gasteiger partial charge in [0.25, 0.3) is 0 Å². The van der Waals surface area contributed by atoms with Crippen LogP contribution in [0.3, 0.4) is 0 Å². The molecule has 0 aromatic heterocycles. The van der Waals surface area contributed by atoms with E-state index in [-0.39, 0.29) is 24.0 Å². The van der Waals surface area contributed by atoms with E-state index < -0.39 is 0 Å². The Morgan fingerprint density at radius 3 is 2.44 bits per heavy atom. The summed E-state index contributed by atoms with van der Waals surface area (Å²) in [6.45, 7) is 2.58. The maximum absolute atomic E-state index is 5.65. The van der Waals surface area contributed by atoms with Crippen LogP contribution in [0.25, 0.3) is 0 Å². The molecule has 2 rings (SSSR count). The van der Waals surface area contributed by atoms with Crippen molar-refractivity contribution in [2.24, 2.45) is 4.99 Å². The maximum Gasteiger partial charge on any atom is 0.191 e. The molecule has 0 amide bonds. The van der Waals surface area contributed by atoms with Crippen molar-refractivity contribution in [2.75, 3.05) is 27.3 Å². The smallest absolute Gasteiger partial charge is 0.191 e. The monoisotopic (exact) mass is 455 g/mol. The Morgan fingerprint density at radius 2 is 1.72 bits per heavy atom. The number of aliphatic imine (C=N–C) groups is 1. The summed E-state index contributed by atoms with van der Waals surface area (Å²) in [6, 6.07) is 18.1. The van der Waals surface area contributed by atoms with Crippen molar-refractivity contribution in [1.29, 1.82) is 0 Å². The fraction of sp³-hybridized carbons (Fsp3) is 0.316. The first-order chi connectivity index (χ1) is 11.8. The van der Waals surface area contributed by atoms with E-state index in [1.807, 2.05) is 42.5 Å². The number of nitrogens with zero attached hydrogens (tertiary/aromatic N) is 1. The molecule has 0 radical (unpaired) electrons. The molecule has 0 heterocycles. The lowest BCUT2D eigenvalue weighted by Crippen LogP contribution is -2.38. The third-order valence-electron chi connectivity index (χ3n) is 3.51. The van der Waals surface area contributed by atoms with Crippen LogP contribution in [0, 0.1) is 0 Å². The van der Waals surface area contributed by atoms with Crippen LogP contribution in [0.5, 0.6) is 5.75 Å². The molecule has 2 N–H and O–H groups in total. The minimum absolute atomic E-state index is 0. The van der Waals surface area contributed by atoms with Crippen molar-refractivity contribution in [2.45, 2.75) is 13.2 Å². The Balaban J connectivity index is 0.00000312. The summed E-state index contributed by atoms with van der Waals surface area (Å²) in [5, 5.41) is 6.51. The molecule has 0 saturated carbocycles. The van der Waals surface area contributed by atoms with Crippen LogP contribution in [0.2, 0.25) is 0 Å². The quantitative estimate of drug-likeness (QED) is 0.278. The van der Waals surface area contributed by atoms with Gasteiger partial charge >= 0.3 is 0 Å². The van der Waals surface area contributed by atoms with Gasteiger partial charge in [-0.05, 0) is 11.6 Å². The van der Waals surface area contributed by atoms with E-state index in [2.05, 4.69) is 27.8 Å². The second-order valence-corrected chi connectivity index (χ2v) is 5.20. The van der Waals surface area contributed by atoms with Crippen molar-refractivity contribution in [1.82, 2.24) is 10.6 Å². The first-order valence-corrected chi connectivity index (χ1v) is 8.01. The number of hydrogen-bond donors (Lipinski definition) is 2. The summed E-state index contributed by atoms with van der Waals surface area (Å²) in [5.74, 6) is 1.61. The lowest BCUT2D eigenvalue weighted by Gasteiger charge is -2.13. The molecule has 5 nitrogen and oxygen atoms in total. The van der Waals surface area contributed by atoms with Crippen molar-refractivity contribution in [3.63, 3.8) is 0 Å². The number of ether oxygens (including phenoxy) is 2. The molecule has 0 atom stereocenters. The second-order valence-electron chi connectivity index (χ2n) is 5.20. The largest absolute Gasteiger partial charge is 0.496 e. The third-order valence-corrected chi connectivity index (χ3v) is 3.51. The summed E-state index contributed by atoms with van der Waals surface area (Å²) >= 11 is 0. The van der Waals surface area contributed by atoms with Gasteiger partial charge in [0, 0.05) is 25.7 Å². The van der Waals surface area contributed by atoms with Gasteiger partial charge < -0.3 is 20.1 Å². The number of hydrogen-bond acceptors (Lipinski definition) is 3. The minimum Gasteiger partial charge on any atom is -0.496 e. The van der Waals surface area contributed by atoms with E-state index in [1.54, 1.807) is 14.2 Å². The number of guanidine groups is 1. The summed E-state index contributed by atoms with van der Waals surface area (Å²) in [6.07, 6.45) is 0. The number of benzene rings is 2. The molecule has 0 bridgehead atoms. The van der Waals surface area contributed by atoms with Crippen LogP contribution in [0.4, 0.5) is 0 Å². The zero-order valence-corrected chi connectivity index (χ0v) is 17.0. The van der Waals surface area contributed by atoms with Gasteiger partial charge in [-0.3, -0.25) is 4.99 Å². The zero-order chi connectivity index (χ0) is 17.0. The third kappa shape index (κ3) is 7.74. The lowest BCUT2D eigenvalue weighted by molar-refractivity contribution is 0.125. The molecular formula is C19H26IN3O2. The average molecular weight is 455 g/mol. The van der Waals surface area contributed by atoms with Gasteiger partial charge in [-0.25, -0.2) is 0 Å². The molecule has 0 saturated heterocycles. The van der Waals surface area contributed by atoms with E-state index in [0.717, 1.165) is 17.3 Å². The summed E-state index contributed by atoms with van der Waals surface area (Å²) < 4.78 is 11.0. The van der Waals surface area contributed by atoms with Crippen molar-refractivity contribution in [3.8, 4) is 5.75 Å². The van der Waals surface area contributed by atoms with Crippen molar-refractivity contribution in [3.05, 3.63) is 65.7 Å². The van der Waals surface area contributed by atoms with Crippen LogP contribution in [-0.2, 0) is 17.9 Å². The van der Waals surface area contributed by atoms with Gasteiger partial charge in [-0.15, -0.1) is 24.0 Å². The van der Waals surface area contributed by atoms with E-state index in [9.17, 15) is 0 Å². The standard InChI is InChI=1S/C19H25N3O2.HI/c1-20-19(22-14-17-10-6-7-11-18(17)23-2)21-12-13-24-15-16-8-4-3-5-9-16;/h3-11H,12-15H2,1-2H3,(H2,20,21,22);1H. The Kier molecular flexibility index (Phi) is 10.7. The molecule has 0 aliphatic carbocycles. The van der Waals surface area contributed by atoms with Crippen molar-refractivity contribution < 1.29 is 9.47 Å². The topological polar surface area (TPSA) is 54.9 Å². The molecule has 25 heavy (non-hydrogen) atoms. The predicted molar refractivity (Wildman–Crippen MR) is 113 cm³/mol. The van der Waals surface area contributed by atoms with E-state index in [0.29, 0.717) is 26.3 Å². The number of rotatable bonds is 8. The maximum atomic E-state index is 5.65. The highest BCUT2D eigenvalue weighted by Crippen LogP contribution is 2.16. The average Bonchev–Trinajstić information content (AvgIpc) is 2.65. The molecule has 6 heteroatoms. The minimum atomic E-state index is 0. The molecule has 2 aromatic carbocycles. The van der Waals surface area contributed by atoms with Crippen LogP contribution >= 0.6 is 24.0 Å². The molecular weight excluding hydrogens is 429 g/mol. The SMILES string of the molecule is CN=C(NCCOCc1ccccc1)NCc1ccccc1OC.I. The molecule has 0 aliphatic heterocycles. The fourth-order valence-electron chi connectivity index (χ4n) is 2.25. The van der Waals surface area contributed by atoms with Gasteiger partial charge in [-0.1, -0.05) is 48.5 Å². The fourth-order valence-corrected chi connectivity index (χ4v) is 2.25. The molecule has 2 aromatic rings. The number of para-hydroxylation sites is 1. The Morgan fingerprint density at radius 1 is 1.00 bits per heavy atom. The Labute approximate surface area is 166 Å². The molecule has 0 unspecified atom stereocenters. The Hall–Kier alpha value is -1.80. The van der Waals surface area contributed by atoms with E-state index in [1.165, 1.54) is 5.56 Å². The van der Waals surface area contributed by atoms with Crippen molar-refractivity contribution >= 4 is 29.9 Å². The summed E-state index contributed by atoms with van der Waals surface area (Å²) in [4.78, 5) is 4.21. The van der Waals surface area contributed by atoms with Crippen LogP contribution < -0.4 is 15.4 Å². The van der Waals surface area contributed by atoms with Gasteiger partial charge in [0.2, 0.25) is 0 Å². The first kappa shape index (κ1) is 21.2. The van der Waals surface area contributed by atoms with Gasteiger partial charge in [-0.2, -0.15) is 0 Å². The van der Waals surface area contributed by atoms with Gasteiger partial charge in [0.15, 0.2) is 5.96 Å². The lowest BCUT2D eigenvalue weighted by atomic mass is 10.2. The number of methoxy groups -OCH3 is 1. The second kappa shape index (κ2) is 12.5. The zero-order valence-electron chi connectivity index (χ0n) is 14.7. The molecule has 0 aliphatic rings. The van der Waals surface area contributed by atoms with Crippen LogP contribution in [0.1, 0.15) is 11.1 Å². The summed E-state index contributed by atoms with van der Waals surface area (Å²) in [5.41, 5.74) is 2.26. The molecule has 136 valence electrons. The Bertz CT molecular complexity index is 636.